The monoisotopic (exact) mass is 279 g/mol. The lowest BCUT2D eigenvalue weighted by atomic mass is 9.79. The van der Waals surface area contributed by atoms with Gasteiger partial charge in [0.05, 0.1) is 17.5 Å². The fourth-order valence-corrected chi connectivity index (χ4v) is 3.53. The highest BCUT2D eigenvalue weighted by Gasteiger charge is 2.37. The van der Waals surface area contributed by atoms with Gasteiger partial charge >= 0.3 is 0 Å². The zero-order valence-electron chi connectivity index (χ0n) is 11.8. The Morgan fingerprint density at radius 3 is 3.00 bits per heavy atom. The summed E-state index contributed by atoms with van der Waals surface area (Å²) in [6.07, 6.45) is 4.79. The molecule has 3 nitrogen and oxygen atoms in total. The molecule has 21 heavy (non-hydrogen) atoms. The van der Waals surface area contributed by atoms with Crippen molar-refractivity contribution in [3.63, 3.8) is 0 Å². The molecule has 0 saturated carbocycles. The molecule has 106 valence electrons. The molecule has 2 heterocycles. The first kappa shape index (κ1) is 12.6. The molecule has 2 unspecified atom stereocenters. The SMILES string of the molecule is O=C(C1COc2ccccc21)C1CCCc2cccnc21. The van der Waals surface area contributed by atoms with Gasteiger partial charge in [-0.05, 0) is 37.0 Å². The van der Waals surface area contributed by atoms with E-state index in [2.05, 4.69) is 11.1 Å². The Kier molecular flexibility index (Phi) is 2.99. The van der Waals surface area contributed by atoms with Gasteiger partial charge in [-0.25, -0.2) is 0 Å². The molecule has 0 bridgehead atoms. The number of aromatic nitrogens is 1. The Labute approximate surface area is 124 Å². The quantitative estimate of drug-likeness (QED) is 0.847. The molecule has 3 heteroatoms. The molecule has 0 saturated heterocycles. The third kappa shape index (κ3) is 2.04. The van der Waals surface area contributed by atoms with Crippen LogP contribution in [0.2, 0.25) is 0 Å². The number of para-hydroxylation sites is 1. The lowest BCUT2D eigenvalue weighted by Gasteiger charge is -2.25. The highest BCUT2D eigenvalue weighted by molar-refractivity contribution is 5.93. The Balaban J connectivity index is 1.68. The van der Waals surface area contributed by atoms with Crippen LogP contribution in [0.1, 0.15) is 41.5 Å². The lowest BCUT2D eigenvalue weighted by molar-refractivity contribution is -0.122. The minimum absolute atomic E-state index is 0.0743. The van der Waals surface area contributed by atoms with E-state index in [1.165, 1.54) is 5.56 Å². The first-order valence-electron chi connectivity index (χ1n) is 7.54. The van der Waals surface area contributed by atoms with Crippen molar-refractivity contribution in [1.82, 2.24) is 4.98 Å². The first-order valence-corrected chi connectivity index (χ1v) is 7.54. The average Bonchev–Trinajstić information content (AvgIpc) is 2.98. The topological polar surface area (TPSA) is 39.2 Å². The number of hydrogen-bond acceptors (Lipinski definition) is 3. The summed E-state index contributed by atoms with van der Waals surface area (Å²) in [7, 11) is 0. The number of carbonyl (C=O) groups excluding carboxylic acids is 1. The van der Waals surface area contributed by atoms with Crippen LogP contribution >= 0.6 is 0 Å². The molecule has 2 atom stereocenters. The number of hydrogen-bond donors (Lipinski definition) is 0. The predicted molar refractivity (Wildman–Crippen MR) is 79.6 cm³/mol. The van der Waals surface area contributed by atoms with Crippen molar-refractivity contribution < 1.29 is 9.53 Å². The van der Waals surface area contributed by atoms with Gasteiger partial charge in [0.25, 0.3) is 0 Å². The number of pyridine rings is 1. The number of fused-ring (bicyclic) bond motifs is 2. The highest BCUT2D eigenvalue weighted by Crippen LogP contribution is 2.40. The fourth-order valence-electron chi connectivity index (χ4n) is 3.53. The summed E-state index contributed by atoms with van der Waals surface area (Å²) in [6, 6.07) is 11.9. The maximum atomic E-state index is 13.0. The van der Waals surface area contributed by atoms with Gasteiger partial charge in [0, 0.05) is 11.8 Å². The summed E-state index contributed by atoms with van der Waals surface area (Å²) in [5.41, 5.74) is 3.25. The maximum Gasteiger partial charge on any atom is 0.152 e. The highest BCUT2D eigenvalue weighted by atomic mass is 16.5. The van der Waals surface area contributed by atoms with Crippen LogP contribution < -0.4 is 4.74 Å². The molecule has 1 aliphatic heterocycles. The Hall–Kier alpha value is -2.16. The second-order valence-electron chi connectivity index (χ2n) is 5.80. The van der Waals surface area contributed by atoms with Crippen molar-refractivity contribution in [1.29, 1.82) is 0 Å². The summed E-state index contributed by atoms with van der Waals surface area (Å²) in [5.74, 6) is 0.904. The van der Waals surface area contributed by atoms with Crippen LogP contribution in [0.15, 0.2) is 42.6 Å². The molecule has 0 amide bonds. The predicted octanol–water partition coefficient (Wildman–Crippen LogP) is 3.25. The van der Waals surface area contributed by atoms with Crippen LogP contribution in [-0.2, 0) is 11.2 Å². The summed E-state index contributed by atoms with van der Waals surface area (Å²) in [4.78, 5) is 17.5. The van der Waals surface area contributed by atoms with E-state index in [0.717, 1.165) is 36.3 Å². The van der Waals surface area contributed by atoms with Gasteiger partial charge in [0.1, 0.15) is 12.4 Å². The van der Waals surface area contributed by atoms with Crippen LogP contribution in [0.5, 0.6) is 5.75 Å². The molecule has 2 aromatic rings. The minimum atomic E-state index is -0.140. The van der Waals surface area contributed by atoms with Gasteiger partial charge in [-0.1, -0.05) is 24.3 Å². The van der Waals surface area contributed by atoms with E-state index in [9.17, 15) is 4.79 Å². The van der Waals surface area contributed by atoms with Crippen molar-refractivity contribution >= 4 is 5.78 Å². The molecule has 1 aliphatic carbocycles. The van der Waals surface area contributed by atoms with E-state index < -0.39 is 0 Å². The van der Waals surface area contributed by atoms with Crippen molar-refractivity contribution in [3.8, 4) is 5.75 Å². The largest absolute Gasteiger partial charge is 0.492 e. The van der Waals surface area contributed by atoms with E-state index in [4.69, 9.17) is 4.74 Å². The second kappa shape index (κ2) is 4.99. The van der Waals surface area contributed by atoms with E-state index in [1.807, 2.05) is 30.3 Å². The summed E-state index contributed by atoms with van der Waals surface area (Å²) in [6.45, 7) is 0.469. The van der Waals surface area contributed by atoms with Crippen LogP contribution in [0, 0.1) is 0 Å². The molecule has 1 aromatic carbocycles. The number of carbonyl (C=O) groups is 1. The van der Waals surface area contributed by atoms with Gasteiger partial charge in [-0.15, -0.1) is 0 Å². The number of nitrogens with zero attached hydrogens (tertiary/aromatic N) is 1. The minimum Gasteiger partial charge on any atom is -0.492 e. The molecule has 0 N–H and O–H groups in total. The number of benzene rings is 1. The van der Waals surface area contributed by atoms with E-state index in [0.29, 0.717) is 6.61 Å². The smallest absolute Gasteiger partial charge is 0.152 e. The molecular weight excluding hydrogens is 262 g/mol. The van der Waals surface area contributed by atoms with Gasteiger partial charge in [0.2, 0.25) is 0 Å². The molecular formula is C18H17NO2. The third-order valence-electron chi connectivity index (χ3n) is 4.58. The van der Waals surface area contributed by atoms with E-state index >= 15 is 0 Å². The number of rotatable bonds is 2. The molecule has 0 spiro atoms. The molecule has 0 fully saturated rings. The number of aryl methyl sites for hydroxylation is 1. The molecule has 1 aromatic heterocycles. The Morgan fingerprint density at radius 2 is 2.05 bits per heavy atom. The van der Waals surface area contributed by atoms with Gasteiger partial charge < -0.3 is 4.74 Å². The summed E-state index contributed by atoms with van der Waals surface area (Å²) in [5, 5.41) is 0. The molecule has 4 rings (SSSR count). The number of ether oxygens (including phenoxy) is 1. The van der Waals surface area contributed by atoms with Gasteiger partial charge in [-0.3, -0.25) is 9.78 Å². The summed E-state index contributed by atoms with van der Waals surface area (Å²) < 4.78 is 5.67. The zero-order chi connectivity index (χ0) is 14.2. The van der Waals surface area contributed by atoms with Crippen LogP contribution in [0.3, 0.4) is 0 Å². The third-order valence-corrected chi connectivity index (χ3v) is 4.58. The normalized spacial score (nSPS) is 23.0. The maximum absolute atomic E-state index is 13.0. The average molecular weight is 279 g/mol. The number of ketones is 1. The zero-order valence-corrected chi connectivity index (χ0v) is 11.8. The van der Waals surface area contributed by atoms with Crippen molar-refractivity contribution in [2.45, 2.75) is 31.1 Å². The Morgan fingerprint density at radius 1 is 1.14 bits per heavy atom. The van der Waals surface area contributed by atoms with Crippen molar-refractivity contribution in [2.24, 2.45) is 0 Å². The lowest BCUT2D eigenvalue weighted by Crippen LogP contribution is -2.26. The first-order chi connectivity index (χ1) is 10.3. The van der Waals surface area contributed by atoms with Crippen LogP contribution in [0.4, 0.5) is 0 Å². The van der Waals surface area contributed by atoms with E-state index in [-0.39, 0.29) is 17.6 Å². The summed E-state index contributed by atoms with van der Waals surface area (Å²) >= 11 is 0. The van der Waals surface area contributed by atoms with E-state index in [1.54, 1.807) is 6.20 Å². The van der Waals surface area contributed by atoms with Crippen LogP contribution in [0.25, 0.3) is 0 Å². The molecule has 0 radical (unpaired) electrons. The van der Waals surface area contributed by atoms with Crippen molar-refractivity contribution in [3.05, 3.63) is 59.4 Å². The van der Waals surface area contributed by atoms with Crippen LogP contribution in [-0.4, -0.2) is 17.4 Å². The Bertz CT molecular complexity index is 695. The van der Waals surface area contributed by atoms with Crippen molar-refractivity contribution in [2.75, 3.05) is 6.61 Å². The van der Waals surface area contributed by atoms with Gasteiger partial charge in [-0.2, -0.15) is 0 Å². The standard InChI is InChI=1S/C18H17NO2/c20-18(15-11-21-16-9-2-1-7-13(15)16)14-8-3-5-12-6-4-10-19-17(12)14/h1-2,4,6-7,9-10,14-15H,3,5,8,11H2. The number of Topliss-reactive ketones (excluding diaryl/α,β-unsaturated/α-hetero) is 1. The molecule has 2 aliphatic rings. The second-order valence-corrected chi connectivity index (χ2v) is 5.80. The fraction of sp³-hybridized carbons (Fsp3) is 0.333. The van der Waals surface area contributed by atoms with Gasteiger partial charge in [0.15, 0.2) is 5.78 Å².